The van der Waals surface area contributed by atoms with Crippen molar-refractivity contribution in [3.05, 3.63) is 52.7 Å². The number of aromatic nitrogens is 1. The van der Waals surface area contributed by atoms with Crippen LogP contribution in [-0.2, 0) is 11.0 Å². The van der Waals surface area contributed by atoms with Gasteiger partial charge in [0.25, 0.3) is 0 Å². The Morgan fingerprint density at radius 2 is 1.96 bits per heavy atom. The molecule has 0 spiro atoms. The summed E-state index contributed by atoms with van der Waals surface area (Å²) in [5, 5.41) is 2.34. The van der Waals surface area contributed by atoms with Crippen LogP contribution in [0.15, 0.2) is 36.5 Å². The topological polar surface area (TPSA) is 68.3 Å². The molecule has 0 aliphatic carbocycles. The maximum absolute atomic E-state index is 12.6. The first kappa shape index (κ1) is 20.7. The number of hydrogen-bond acceptors (Lipinski definition) is 4. The first-order valence-corrected chi connectivity index (χ1v) is 8.31. The molecule has 0 saturated heterocycles. The zero-order chi connectivity index (χ0) is 20.0. The molecule has 0 bridgehead atoms. The Labute approximate surface area is 158 Å². The lowest BCUT2D eigenvalue weighted by molar-refractivity contribution is -0.137. The van der Waals surface area contributed by atoms with Gasteiger partial charge in [-0.05, 0) is 36.8 Å². The molecule has 0 atom stereocenters. The molecule has 144 valence electrons. The molecule has 0 fully saturated rings. The fraction of sp³-hybridized carbons (Fsp3) is 0.278. The molecule has 0 aliphatic rings. The van der Waals surface area contributed by atoms with Crippen LogP contribution in [0.3, 0.4) is 0 Å². The lowest BCUT2D eigenvalue weighted by Gasteiger charge is -2.11. The first-order valence-electron chi connectivity index (χ1n) is 7.93. The second kappa shape index (κ2) is 8.85. The van der Waals surface area contributed by atoms with Crippen molar-refractivity contribution in [1.82, 2.24) is 4.98 Å². The quantitative estimate of drug-likeness (QED) is 0.537. The number of halogens is 4. The van der Waals surface area contributed by atoms with E-state index in [0.29, 0.717) is 12.0 Å². The Balaban J connectivity index is 1.86. The van der Waals surface area contributed by atoms with E-state index in [1.54, 1.807) is 0 Å². The van der Waals surface area contributed by atoms with Gasteiger partial charge in [-0.1, -0.05) is 11.6 Å². The van der Waals surface area contributed by atoms with E-state index in [1.165, 1.54) is 25.3 Å². The van der Waals surface area contributed by atoms with Gasteiger partial charge in [0.2, 0.25) is 5.91 Å². The van der Waals surface area contributed by atoms with Crippen LogP contribution in [0.5, 0.6) is 5.75 Å². The fourth-order valence-electron chi connectivity index (χ4n) is 2.21. The number of carbonyl (C=O) groups is 2. The van der Waals surface area contributed by atoms with Crippen LogP contribution < -0.4 is 10.1 Å². The number of hydrogen-bond donors (Lipinski definition) is 1. The molecule has 5 nitrogen and oxygen atoms in total. The van der Waals surface area contributed by atoms with Crippen LogP contribution >= 0.6 is 11.6 Å². The van der Waals surface area contributed by atoms with Crippen molar-refractivity contribution in [3.8, 4) is 5.75 Å². The minimum atomic E-state index is -4.48. The highest BCUT2D eigenvalue weighted by Crippen LogP contribution is 2.34. The number of ketones is 1. The van der Waals surface area contributed by atoms with Gasteiger partial charge in [0.05, 0.1) is 17.2 Å². The minimum absolute atomic E-state index is 0.112. The second-order valence-electron chi connectivity index (χ2n) is 5.63. The maximum Gasteiger partial charge on any atom is 0.416 e. The van der Waals surface area contributed by atoms with Gasteiger partial charge in [0.1, 0.15) is 11.6 Å². The third-order valence-corrected chi connectivity index (χ3v) is 3.75. The SMILES string of the molecule is CC(=O)Nc1cc(C(=O)CCCOc2ccc(C(F)(F)F)cc2Cl)ccn1. The van der Waals surface area contributed by atoms with Crippen LogP contribution in [0.4, 0.5) is 19.0 Å². The van der Waals surface area contributed by atoms with E-state index in [1.807, 2.05) is 0 Å². The molecule has 1 amide bonds. The summed E-state index contributed by atoms with van der Waals surface area (Å²) in [6.45, 7) is 1.44. The number of anilines is 1. The Kier molecular flexibility index (Phi) is 6.79. The number of pyridine rings is 1. The largest absolute Gasteiger partial charge is 0.492 e. The molecule has 1 aromatic carbocycles. The van der Waals surface area contributed by atoms with Crippen LogP contribution in [0.25, 0.3) is 0 Å². The van der Waals surface area contributed by atoms with E-state index < -0.39 is 11.7 Å². The third kappa shape index (κ3) is 6.25. The highest BCUT2D eigenvalue weighted by Gasteiger charge is 2.31. The molecule has 1 heterocycles. The summed E-state index contributed by atoms with van der Waals surface area (Å²) in [6, 6.07) is 5.82. The number of carbonyl (C=O) groups excluding carboxylic acids is 2. The van der Waals surface area contributed by atoms with Gasteiger partial charge in [0, 0.05) is 25.1 Å². The summed E-state index contributed by atoms with van der Waals surface area (Å²) in [7, 11) is 0. The van der Waals surface area contributed by atoms with E-state index in [2.05, 4.69) is 10.3 Å². The van der Waals surface area contributed by atoms with E-state index in [0.717, 1.165) is 18.2 Å². The predicted molar refractivity (Wildman–Crippen MR) is 94.1 cm³/mol. The van der Waals surface area contributed by atoms with E-state index >= 15 is 0 Å². The summed E-state index contributed by atoms with van der Waals surface area (Å²) in [4.78, 5) is 27.1. The van der Waals surface area contributed by atoms with Crippen LogP contribution in [0, 0.1) is 0 Å². The molecule has 0 saturated carbocycles. The van der Waals surface area contributed by atoms with Crippen molar-refractivity contribution in [1.29, 1.82) is 0 Å². The van der Waals surface area contributed by atoms with Gasteiger partial charge in [-0.25, -0.2) is 4.98 Å². The van der Waals surface area contributed by atoms with Crippen molar-refractivity contribution in [2.24, 2.45) is 0 Å². The van der Waals surface area contributed by atoms with Crippen molar-refractivity contribution < 1.29 is 27.5 Å². The number of Topliss-reactive ketones (excluding diaryl/α,β-unsaturated/α-hetero) is 1. The molecule has 0 aliphatic heterocycles. The molecule has 0 radical (unpaired) electrons. The first-order chi connectivity index (χ1) is 12.7. The summed E-state index contributed by atoms with van der Waals surface area (Å²) < 4.78 is 43.1. The number of rotatable bonds is 7. The van der Waals surface area contributed by atoms with Crippen molar-refractivity contribution >= 4 is 29.1 Å². The number of ether oxygens (including phenoxy) is 1. The normalized spacial score (nSPS) is 11.1. The molecule has 2 aromatic rings. The van der Waals surface area contributed by atoms with Gasteiger partial charge >= 0.3 is 6.18 Å². The number of nitrogens with one attached hydrogen (secondary N) is 1. The Morgan fingerprint density at radius 3 is 2.59 bits per heavy atom. The maximum atomic E-state index is 12.6. The highest BCUT2D eigenvalue weighted by molar-refractivity contribution is 6.32. The van der Waals surface area contributed by atoms with Crippen molar-refractivity contribution in [2.45, 2.75) is 25.9 Å². The minimum Gasteiger partial charge on any atom is -0.492 e. The Hall–Kier alpha value is -2.61. The smallest absolute Gasteiger partial charge is 0.416 e. The summed E-state index contributed by atoms with van der Waals surface area (Å²) in [5.41, 5.74) is -0.469. The standard InChI is InChI=1S/C18H16ClF3N2O3/c1-11(25)24-17-9-12(6-7-23-17)15(26)3-2-8-27-16-5-4-13(10-14(16)19)18(20,21)22/h4-7,9-10H,2-3,8H2,1H3,(H,23,24,25). The molecule has 9 heteroatoms. The molecule has 1 aromatic heterocycles. The Morgan fingerprint density at radius 1 is 1.22 bits per heavy atom. The zero-order valence-electron chi connectivity index (χ0n) is 14.3. The third-order valence-electron chi connectivity index (χ3n) is 3.45. The summed E-state index contributed by atoms with van der Waals surface area (Å²) >= 11 is 5.80. The average molecular weight is 401 g/mol. The molecular weight excluding hydrogens is 385 g/mol. The lowest BCUT2D eigenvalue weighted by Crippen LogP contribution is -2.09. The number of benzene rings is 1. The predicted octanol–water partition coefficient (Wildman–Crippen LogP) is 4.75. The summed E-state index contributed by atoms with van der Waals surface area (Å²) in [6.07, 6.45) is -2.57. The number of alkyl halides is 3. The van der Waals surface area contributed by atoms with Gasteiger partial charge in [0.15, 0.2) is 5.78 Å². The molecule has 2 rings (SSSR count). The molecule has 27 heavy (non-hydrogen) atoms. The van der Waals surface area contributed by atoms with Gasteiger partial charge < -0.3 is 10.1 Å². The van der Waals surface area contributed by atoms with Crippen LogP contribution in [-0.4, -0.2) is 23.3 Å². The molecular formula is C18H16ClF3N2O3. The van der Waals surface area contributed by atoms with Crippen LogP contribution in [0.1, 0.15) is 35.7 Å². The number of nitrogens with zero attached hydrogens (tertiary/aromatic N) is 1. The van der Waals surface area contributed by atoms with Gasteiger partial charge in [-0.3, -0.25) is 9.59 Å². The second-order valence-corrected chi connectivity index (χ2v) is 6.04. The van der Waals surface area contributed by atoms with E-state index in [-0.39, 0.29) is 41.3 Å². The summed E-state index contributed by atoms with van der Waals surface area (Å²) in [5.74, 6) is -0.0739. The lowest BCUT2D eigenvalue weighted by atomic mass is 10.1. The average Bonchev–Trinajstić information content (AvgIpc) is 2.58. The Bertz CT molecular complexity index is 841. The van der Waals surface area contributed by atoms with Crippen LogP contribution in [0.2, 0.25) is 5.02 Å². The van der Waals surface area contributed by atoms with Crippen molar-refractivity contribution in [2.75, 3.05) is 11.9 Å². The van der Waals surface area contributed by atoms with E-state index in [4.69, 9.17) is 16.3 Å². The number of amides is 1. The zero-order valence-corrected chi connectivity index (χ0v) is 15.0. The highest BCUT2D eigenvalue weighted by atomic mass is 35.5. The van der Waals surface area contributed by atoms with E-state index in [9.17, 15) is 22.8 Å². The molecule has 0 unspecified atom stereocenters. The van der Waals surface area contributed by atoms with Gasteiger partial charge in [-0.15, -0.1) is 0 Å². The monoisotopic (exact) mass is 400 g/mol. The fourth-order valence-corrected chi connectivity index (χ4v) is 2.44. The molecule has 1 N–H and O–H groups in total. The van der Waals surface area contributed by atoms with Crippen molar-refractivity contribution in [3.63, 3.8) is 0 Å². The van der Waals surface area contributed by atoms with Gasteiger partial charge in [-0.2, -0.15) is 13.2 Å².